The number of rotatable bonds is 3. The van der Waals surface area contributed by atoms with E-state index in [1.165, 1.54) is 0 Å². The highest BCUT2D eigenvalue weighted by Gasteiger charge is 2.15. The van der Waals surface area contributed by atoms with Gasteiger partial charge in [0.25, 0.3) is 0 Å². The lowest BCUT2D eigenvalue weighted by Crippen LogP contribution is -2.13. The Morgan fingerprint density at radius 2 is 1.55 bits per heavy atom. The first-order valence-corrected chi connectivity index (χ1v) is 5.65. The van der Waals surface area contributed by atoms with Crippen molar-refractivity contribution in [1.29, 1.82) is 0 Å². The summed E-state index contributed by atoms with van der Waals surface area (Å²) >= 11 is 0. The summed E-state index contributed by atoms with van der Waals surface area (Å²) in [5, 5.41) is 2.49. The number of hydrazine groups is 1. The van der Waals surface area contributed by atoms with Crippen LogP contribution in [0.25, 0.3) is 0 Å². The lowest BCUT2D eigenvalue weighted by atomic mass is 10.2. The molecule has 1 heterocycles. The molecule has 1 aromatic heterocycles. The summed E-state index contributed by atoms with van der Waals surface area (Å²) in [6.07, 6.45) is 0. The highest BCUT2D eigenvalue weighted by molar-refractivity contribution is 5.65. The monoisotopic (exact) mass is 283 g/mol. The quantitative estimate of drug-likeness (QED) is 0.596. The molecule has 1 aromatic carbocycles. The first-order valence-electron chi connectivity index (χ1n) is 5.65. The molecule has 0 spiro atoms. The lowest BCUT2D eigenvalue weighted by Gasteiger charge is -2.13. The number of hydrogen-bond acceptors (Lipinski definition) is 5. The van der Waals surface area contributed by atoms with Crippen molar-refractivity contribution in [3.05, 3.63) is 41.0 Å². The van der Waals surface area contributed by atoms with Crippen LogP contribution < -0.4 is 16.6 Å². The zero-order chi connectivity index (χ0) is 14.9. The average Bonchev–Trinajstić information content (AvgIpc) is 2.37. The summed E-state index contributed by atoms with van der Waals surface area (Å²) < 4.78 is 40.0. The molecule has 0 aliphatic carbocycles. The highest BCUT2D eigenvalue weighted by atomic mass is 19.1. The van der Waals surface area contributed by atoms with Gasteiger partial charge in [-0.1, -0.05) is 0 Å². The van der Waals surface area contributed by atoms with Crippen LogP contribution in [-0.4, -0.2) is 9.97 Å². The molecule has 0 amide bonds. The van der Waals surface area contributed by atoms with Gasteiger partial charge in [-0.3, -0.25) is 0 Å². The van der Waals surface area contributed by atoms with Crippen LogP contribution >= 0.6 is 0 Å². The second kappa shape index (κ2) is 5.33. The fraction of sp³-hybridized carbons (Fsp3) is 0.167. The number of aromatic nitrogens is 2. The van der Waals surface area contributed by atoms with E-state index in [1.807, 2.05) is 0 Å². The normalized spacial score (nSPS) is 10.5. The third-order valence-corrected chi connectivity index (χ3v) is 2.64. The lowest BCUT2D eigenvalue weighted by molar-refractivity contribution is 0.548. The topological polar surface area (TPSA) is 75.9 Å². The molecule has 0 unspecified atom stereocenters. The van der Waals surface area contributed by atoms with E-state index in [9.17, 15) is 13.2 Å². The number of halogens is 3. The summed E-state index contributed by atoms with van der Waals surface area (Å²) in [6, 6.07) is 1.16. The third kappa shape index (κ3) is 2.64. The third-order valence-electron chi connectivity index (χ3n) is 2.64. The van der Waals surface area contributed by atoms with Crippen molar-refractivity contribution in [2.45, 2.75) is 13.8 Å². The van der Waals surface area contributed by atoms with Crippen molar-refractivity contribution in [2.24, 2.45) is 5.84 Å². The number of anilines is 3. The zero-order valence-electron chi connectivity index (χ0n) is 10.8. The molecule has 0 fully saturated rings. The van der Waals surface area contributed by atoms with E-state index >= 15 is 0 Å². The van der Waals surface area contributed by atoms with Gasteiger partial charge in [-0.25, -0.2) is 29.0 Å². The van der Waals surface area contributed by atoms with Gasteiger partial charge in [-0.15, -0.1) is 0 Å². The molecule has 0 atom stereocenters. The molecule has 0 saturated heterocycles. The minimum absolute atomic E-state index is 0.176. The van der Waals surface area contributed by atoms with Crippen molar-refractivity contribution < 1.29 is 13.2 Å². The molecule has 0 saturated carbocycles. The van der Waals surface area contributed by atoms with Crippen LogP contribution in [-0.2, 0) is 0 Å². The molecule has 4 N–H and O–H groups in total. The van der Waals surface area contributed by atoms with E-state index in [2.05, 4.69) is 20.7 Å². The Labute approximate surface area is 113 Å². The number of hydrogen-bond donors (Lipinski definition) is 3. The van der Waals surface area contributed by atoms with E-state index in [4.69, 9.17) is 5.84 Å². The van der Waals surface area contributed by atoms with Crippen LogP contribution in [0.3, 0.4) is 0 Å². The van der Waals surface area contributed by atoms with Crippen LogP contribution in [0.2, 0.25) is 0 Å². The van der Waals surface area contributed by atoms with Crippen LogP contribution in [0.4, 0.5) is 30.5 Å². The molecule has 2 rings (SSSR count). The maximum absolute atomic E-state index is 13.6. The van der Waals surface area contributed by atoms with Gasteiger partial charge >= 0.3 is 0 Å². The number of nitrogen functional groups attached to an aromatic ring is 1. The Morgan fingerprint density at radius 3 is 2.10 bits per heavy atom. The van der Waals surface area contributed by atoms with Gasteiger partial charge in [0.2, 0.25) is 0 Å². The van der Waals surface area contributed by atoms with Crippen LogP contribution in [0, 0.1) is 31.3 Å². The first-order chi connectivity index (χ1) is 9.42. The summed E-state index contributed by atoms with van der Waals surface area (Å²) in [5.41, 5.74) is 2.35. The Balaban J connectivity index is 2.48. The number of nitrogens with zero attached hydrogens (tertiary/aromatic N) is 2. The van der Waals surface area contributed by atoms with Gasteiger partial charge in [-0.2, -0.15) is 0 Å². The van der Waals surface area contributed by atoms with Crippen LogP contribution in [0.5, 0.6) is 0 Å². The summed E-state index contributed by atoms with van der Waals surface area (Å²) in [5.74, 6) is 3.04. The Hall–Kier alpha value is -2.35. The van der Waals surface area contributed by atoms with Crippen molar-refractivity contribution in [3.63, 3.8) is 0 Å². The van der Waals surface area contributed by atoms with E-state index in [-0.39, 0.29) is 5.82 Å². The van der Waals surface area contributed by atoms with Gasteiger partial charge in [0, 0.05) is 17.7 Å². The maximum atomic E-state index is 13.6. The summed E-state index contributed by atoms with van der Waals surface area (Å²) in [4.78, 5) is 8.05. The van der Waals surface area contributed by atoms with E-state index in [0.29, 0.717) is 29.3 Å². The van der Waals surface area contributed by atoms with Crippen molar-refractivity contribution >= 4 is 17.3 Å². The standard InChI is InChI=1S/C12H12F3N5/c1-5-11(17-6(2)18-12(5)20-16)19-10-8(14)3-7(13)4-9(10)15/h3-4H,16H2,1-2H3,(H2,17,18,19,20). The van der Waals surface area contributed by atoms with E-state index in [0.717, 1.165) is 0 Å². The smallest absolute Gasteiger partial charge is 0.152 e. The molecule has 0 radical (unpaired) electrons. The van der Waals surface area contributed by atoms with Crippen LogP contribution in [0.15, 0.2) is 12.1 Å². The summed E-state index contributed by atoms with van der Waals surface area (Å²) in [6.45, 7) is 3.22. The van der Waals surface area contributed by atoms with Crippen molar-refractivity contribution in [2.75, 3.05) is 10.7 Å². The second-order valence-electron chi connectivity index (χ2n) is 4.11. The van der Waals surface area contributed by atoms with Crippen LogP contribution in [0.1, 0.15) is 11.4 Å². The van der Waals surface area contributed by atoms with Gasteiger partial charge < -0.3 is 10.7 Å². The minimum Gasteiger partial charge on any atom is -0.335 e. The summed E-state index contributed by atoms with van der Waals surface area (Å²) in [7, 11) is 0. The predicted molar refractivity (Wildman–Crippen MR) is 68.9 cm³/mol. The molecule has 8 heteroatoms. The highest BCUT2D eigenvalue weighted by Crippen LogP contribution is 2.27. The van der Waals surface area contributed by atoms with E-state index in [1.54, 1.807) is 13.8 Å². The number of nitrogens with two attached hydrogens (primary N) is 1. The predicted octanol–water partition coefficient (Wildman–Crippen LogP) is 2.54. The van der Waals surface area contributed by atoms with Gasteiger partial charge in [0.1, 0.15) is 29.0 Å². The second-order valence-corrected chi connectivity index (χ2v) is 4.11. The molecule has 5 nitrogen and oxygen atoms in total. The SMILES string of the molecule is Cc1nc(NN)c(C)c(Nc2c(F)cc(F)cc2F)n1. The molecule has 20 heavy (non-hydrogen) atoms. The fourth-order valence-electron chi connectivity index (χ4n) is 1.67. The first kappa shape index (κ1) is 14.1. The molecular formula is C12H12F3N5. The van der Waals surface area contributed by atoms with Crippen molar-refractivity contribution in [3.8, 4) is 0 Å². The fourth-order valence-corrected chi connectivity index (χ4v) is 1.67. The molecule has 2 aromatic rings. The Morgan fingerprint density at radius 1 is 1.00 bits per heavy atom. The molecule has 106 valence electrons. The number of aryl methyl sites for hydroxylation is 1. The zero-order valence-corrected chi connectivity index (χ0v) is 10.8. The number of nitrogens with one attached hydrogen (secondary N) is 2. The minimum atomic E-state index is -1.06. The Kier molecular flexibility index (Phi) is 3.75. The van der Waals surface area contributed by atoms with Gasteiger partial charge in [0.05, 0.1) is 0 Å². The van der Waals surface area contributed by atoms with Gasteiger partial charge in [0.15, 0.2) is 11.6 Å². The molecule has 0 bridgehead atoms. The van der Waals surface area contributed by atoms with E-state index < -0.39 is 23.1 Å². The van der Waals surface area contributed by atoms with Crippen molar-refractivity contribution in [1.82, 2.24) is 9.97 Å². The molecule has 0 aliphatic heterocycles. The number of benzene rings is 1. The maximum Gasteiger partial charge on any atom is 0.152 e. The average molecular weight is 283 g/mol. The molecular weight excluding hydrogens is 271 g/mol. The Bertz CT molecular complexity index is 637. The molecule has 0 aliphatic rings. The van der Waals surface area contributed by atoms with Gasteiger partial charge in [-0.05, 0) is 13.8 Å². The largest absolute Gasteiger partial charge is 0.335 e.